The van der Waals surface area contributed by atoms with Crippen LogP contribution in [0.15, 0.2) is 146 Å². The van der Waals surface area contributed by atoms with Gasteiger partial charge in [-0.15, -0.1) is 11.3 Å². The summed E-state index contributed by atoms with van der Waals surface area (Å²) in [4.78, 5) is 7.44. The molecule has 43 heavy (non-hydrogen) atoms. The van der Waals surface area contributed by atoms with Gasteiger partial charge >= 0.3 is 0 Å². The average molecular weight is 571 g/mol. The summed E-state index contributed by atoms with van der Waals surface area (Å²) in [7, 11) is 0. The third-order valence-electron chi connectivity index (χ3n) is 8.71. The zero-order valence-electron chi connectivity index (χ0n) is 24.2. The molecule has 0 radical (unpaired) electrons. The van der Waals surface area contributed by atoms with Crippen LogP contribution in [-0.2, 0) is 5.41 Å². The summed E-state index contributed by atoms with van der Waals surface area (Å²) in [5, 5.41) is 1.04. The third-order valence-corrected chi connectivity index (χ3v) is 9.79. The number of aromatic nitrogens is 1. The number of thiazole rings is 1. The van der Waals surface area contributed by atoms with E-state index in [2.05, 4.69) is 158 Å². The summed E-state index contributed by atoms with van der Waals surface area (Å²) >= 11 is 1.74. The lowest BCUT2D eigenvalue weighted by Crippen LogP contribution is -2.16. The van der Waals surface area contributed by atoms with Gasteiger partial charge < -0.3 is 4.90 Å². The van der Waals surface area contributed by atoms with Crippen molar-refractivity contribution >= 4 is 38.6 Å². The van der Waals surface area contributed by atoms with E-state index in [-0.39, 0.29) is 5.41 Å². The molecule has 0 bridgehead atoms. The molecule has 1 aliphatic rings. The largest absolute Gasteiger partial charge is 0.310 e. The molecule has 8 rings (SSSR count). The summed E-state index contributed by atoms with van der Waals surface area (Å²) in [6.45, 7) is 4.68. The normalized spacial score (nSPS) is 13.1. The van der Waals surface area contributed by atoms with E-state index >= 15 is 0 Å². The van der Waals surface area contributed by atoms with E-state index in [0.717, 1.165) is 33.1 Å². The Hall–Kier alpha value is -4.99. The van der Waals surface area contributed by atoms with Gasteiger partial charge in [-0.25, -0.2) is 4.98 Å². The first-order valence-corrected chi connectivity index (χ1v) is 15.5. The van der Waals surface area contributed by atoms with E-state index < -0.39 is 0 Å². The van der Waals surface area contributed by atoms with Crippen molar-refractivity contribution in [3.8, 4) is 32.8 Å². The number of fused-ring (bicyclic) bond motifs is 4. The van der Waals surface area contributed by atoms with Gasteiger partial charge in [-0.3, -0.25) is 0 Å². The molecule has 7 aromatic rings. The molecule has 0 aliphatic heterocycles. The van der Waals surface area contributed by atoms with E-state index in [4.69, 9.17) is 4.98 Å². The van der Waals surface area contributed by atoms with Crippen LogP contribution in [0.5, 0.6) is 0 Å². The number of benzene rings is 6. The Morgan fingerprint density at radius 3 is 1.86 bits per heavy atom. The van der Waals surface area contributed by atoms with Crippen molar-refractivity contribution in [2.75, 3.05) is 4.90 Å². The number of rotatable bonds is 5. The minimum atomic E-state index is -0.0752. The maximum atomic E-state index is 5.07. The van der Waals surface area contributed by atoms with Crippen LogP contribution in [0.2, 0.25) is 0 Å². The molecule has 1 heterocycles. The van der Waals surface area contributed by atoms with Crippen LogP contribution in [0.25, 0.3) is 43.0 Å². The summed E-state index contributed by atoms with van der Waals surface area (Å²) in [6, 6.07) is 52.4. The van der Waals surface area contributed by atoms with E-state index in [1.165, 1.54) is 38.1 Å². The Morgan fingerprint density at radius 1 is 0.512 bits per heavy atom. The molecule has 0 atom stereocenters. The lowest BCUT2D eigenvalue weighted by Gasteiger charge is -2.28. The molecule has 3 heteroatoms. The maximum absolute atomic E-state index is 5.07. The van der Waals surface area contributed by atoms with Crippen molar-refractivity contribution in [3.05, 3.63) is 157 Å². The van der Waals surface area contributed by atoms with Crippen molar-refractivity contribution < 1.29 is 0 Å². The van der Waals surface area contributed by atoms with E-state index in [0.29, 0.717) is 0 Å². The number of hydrogen-bond donors (Lipinski definition) is 0. The zero-order valence-corrected chi connectivity index (χ0v) is 25.0. The highest BCUT2D eigenvalue weighted by Gasteiger charge is 2.35. The third kappa shape index (κ3) is 4.36. The Labute approximate surface area is 256 Å². The van der Waals surface area contributed by atoms with Gasteiger partial charge in [0, 0.05) is 28.0 Å². The minimum Gasteiger partial charge on any atom is -0.310 e. The molecule has 0 unspecified atom stereocenters. The molecule has 0 saturated heterocycles. The predicted octanol–water partition coefficient (Wildman–Crippen LogP) is 11.4. The molecular formula is C40H30N2S. The monoisotopic (exact) mass is 570 g/mol. The molecule has 0 amide bonds. The van der Waals surface area contributed by atoms with E-state index in [1.54, 1.807) is 11.3 Å². The number of nitrogens with zero attached hydrogens (tertiary/aromatic N) is 2. The van der Waals surface area contributed by atoms with Crippen LogP contribution in [-0.4, -0.2) is 4.98 Å². The van der Waals surface area contributed by atoms with Gasteiger partial charge in [0.2, 0.25) is 0 Å². The van der Waals surface area contributed by atoms with E-state index in [9.17, 15) is 0 Å². The second-order valence-corrected chi connectivity index (χ2v) is 12.7. The van der Waals surface area contributed by atoms with Gasteiger partial charge in [-0.1, -0.05) is 117 Å². The van der Waals surface area contributed by atoms with Crippen LogP contribution < -0.4 is 4.90 Å². The van der Waals surface area contributed by atoms with Crippen LogP contribution in [0.1, 0.15) is 25.0 Å². The Bertz CT molecular complexity index is 2090. The van der Waals surface area contributed by atoms with Gasteiger partial charge in [-0.05, 0) is 75.8 Å². The van der Waals surface area contributed by atoms with Crippen LogP contribution in [0.4, 0.5) is 17.1 Å². The average Bonchev–Trinajstić information content (AvgIpc) is 3.59. The fourth-order valence-corrected chi connectivity index (χ4v) is 7.42. The van der Waals surface area contributed by atoms with Gasteiger partial charge in [0.05, 0.1) is 10.2 Å². The first-order valence-electron chi connectivity index (χ1n) is 14.7. The van der Waals surface area contributed by atoms with Crippen molar-refractivity contribution in [1.29, 1.82) is 0 Å². The molecule has 0 N–H and O–H groups in total. The summed E-state index contributed by atoms with van der Waals surface area (Å²) in [6.07, 6.45) is 0. The van der Waals surface area contributed by atoms with Gasteiger partial charge in [0.1, 0.15) is 5.01 Å². The minimum absolute atomic E-state index is 0.0752. The smallest absolute Gasteiger partial charge is 0.124 e. The highest BCUT2D eigenvalue weighted by atomic mass is 32.1. The Kier molecular flexibility index (Phi) is 6.02. The number of hydrogen-bond acceptors (Lipinski definition) is 3. The molecular weight excluding hydrogens is 541 g/mol. The molecule has 1 aliphatic carbocycles. The van der Waals surface area contributed by atoms with Crippen LogP contribution in [0.3, 0.4) is 0 Å². The lowest BCUT2D eigenvalue weighted by molar-refractivity contribution is 0.660. The molecule has 1 aromatic heterocycles. The summed E-state index contributed by atoms with van der Waals surface area (Å²) in [5.41, 5.74) is 13.3. The first-order chi connectivity index (χ1) is 21.1. The highest BCUT2D eigenvalue weighted by Crippen LogP contribution is 2.50. The van der Waals surface area contributed by atoms with Crippen LogP contribution >= 0.6 is 11.3 Å². The molecule has 2 nitrogen and oxygen atoms in total. The maximum Gasteiger partial charge on any atom is 0.124 e. The van der Waals surface area contributed by atoms with Gasteiger partial charge in [0.15, 0.2) is 0 Å². The van der Waals surface area contributed by atoms with Gasteiger partial charge in [0.25, 0.3) is 0 Å². The molecule has 6 aromatic carbocycles. The van der Waals surface area contributed by atoms with Crippen molar-refractivity contribution in [3.63, 3.8) is 0 Å². The zero-order chi connectivity index (χ0) is 29.0. The van der Waals surface area contributed by atoms with E-state index in [1.807, 2.05) is 6.07 Å². The Morgan fingerprint density at radius 2 is 1.09 bits per heavy atom. The second-order valence-electron chi connectivity index (χ2n) is 11.7. The van der Waals surface area contributed by atoms with Crippen LogP contribution in [0, 0.1) is 0 Å². The number of anilines is 3. The molecule has 0 spiro atoms. The molecule has 0 saturated carbocycles. The predicted molar refractivity (Wildman–Crippen MR) is 183 cm³/mol. The summed E-state index contributed by atoms with van der Waals surface area (Å²) in [5.74, 6) is 0. The fourth-order valence-electron chi connectivity index (χ4n) is 6.47. The van der Waals surface area contributed by atoms with Crippen molar-refractivity contribution in [2.24, 2.45) is 0 Å². The molecule has 206 valence electrons. The lowest BCUT2D eigenvalue weighted by atomic mass is 9.82. The quantitative estimate of drug-likeness (QED) is 0.205. The first kappa shape index (κ1) is 25.7. The van der Waals surface area contributed by atoms with Crippen molar-refractivity contribution in [1.82, 2.24) is 4.98 Å². The Balaban J connectivity index is 1.27. The van der Waals surface area contributed by atoms with Crippen molar-refractivity contribution in [2.45, 2.75) is 19.3 Å². The summed E-state index contributed by atoms with van der Waals surface area (Å²) < 4.78 is 1.19. The highest BCUT2D eigenvalue weighted by molar-refractivity contribution is 7.21. The fraction of sp³-hybridized carbons (Fsp3) is 0.0750. The molecule has 0 fully saturated rings. The SMILES string of the molecule is CC1(C)c2ccccc2-c2ccc(N(c3ccc(-c4ccccc4)cc3)c3ccc4sc(-c5ccccc5)nc4c3)cc21. The topological polar surface area (TPSA) is 16.1 Å². The second kappa shape index (κ2) is 10.1. The standard InChI is InChI=1S/C40H30N2S/c1-40(2)35-16-10-9-15-33(35)34-23-21-31(25-36(34)40)42(30-19-17-28(18-20-30)27-11-5-3-6-12-27)32-22-24-38-37(26-32)41-39(43-38)29-13-7-4-8-14-29/h3-26H,1-2H3. The van der Waals surface area contributed by atoms with Gasteiger partial charge in [-0.2, -0.15) is 0 Å².